The van der Waals surface area contributed by atoms with Crippen molar-refractivity contribution < 1.29 is 212 Å². The fraction of sp³-hybridized carbons (Fsp3) is 0.367. The summed E-state index contributed by atoms with van der Waals surface area (Å²) in [4.78, 5) is 269. The highest BCUT2D eigenvalue weighted by molar-refractivity contribution is 7.98. The van der Waals surface area contributed by atoms with E-state index in [1.807, 2.05) is 31.9 Å². The minimum atomic E-state index is -5.22. The number of carboxylic acid groups (broad SMARTS) is 6. The second-order valence-corrected chi connectivity index (χ2v) is 36.7. The number of carbonyl (C=O) groups is 20. The Kier molecular flexibility index (Phi) is 46.2. The summed E-state index contributed by atoms with van der Waals surface area (Å²) in [6, 6.07) is -5.46. The van der Waals surface area contributed by atoms with Crippen molar-refractivity contribution >= 4 is 182 Å². The van der Waals surface area contributed by atoms with Gasteiger partial charge in [-0.3, -0.25) is 114 Å². The number of hydrogen-bond donors (Lipinski definition) is 26. The number of carboxylic acids is 6. The van der Waals surface area contributed by atoms with Gasteiger partial charge in [-0.1, -0.05) is 60.7 Å². The number of thioether (sulfide) groups is 1. The van der Waals surface area contributed by atoms with Gasteiger partial charge in [0.25, 0.3) is 0 Å². The second kappa shape index (κ2) is 55.8. The second-order valence-electron chi connectivity index (χ2n) is 30.6. The number of nitrogens with two attached hydrogens (primary N) is 1. The van der Waals surface area contributed by atoms with E-state index in [-0.39, 0.29) is 40.0 Å². The van der Waals surface area contributed by atoms with Crippen molar-refractivity contribution in [2.75, 3.05) is 31.6 Å². The molecular weight excluding hydrogens is 2090 g/mol. The molecule has 0 aromatic heterocycles. The van der Waals surface area contributed by atoms with E-state index in [2.05, 4.69) is 63.4 Å². The third kappa shape index (κ3) is 46.6. The molecule has 0 bridgehead atoms. The first-order valence-electron chi connectivity index (χ1n) is 41.4. The maximum atomic E-state index is 15.1. The Balaban J connectivity index is 1.48. The molecule has 0 aliphatic rings. The van der Waals surface area contributed by atoms with Gasteiger partial charge in [0.05, 0.1) is 51.7 Å². The van der Waals surface area contributed by atoms with Gasteiger partial charge in [-0.2, -0.15) is 53.9 Å². The molecule has 0 spiro atoms. The summed E-state index contributed by atoms with van der Waals surface area (Å²) < 4.78 is 184. The normalized spacial score (nSPS) is 13.9. The van der Waals surface area contributed by atoms with Crippen LogP contribution >= 0.6 is 11.8 Å². The lowest BCUT2D eigenvalue weighted by Crippen LogP contribution is -2.60. The molecular formula is C79H95N15O46S6. The van der Waals surface area contributed by atoms with Gasteiger partial charge < -0.3 is 132 Å². The Bertz CT molecular complexity index is 6250. The summed E-state index contributed by atoms with van der Waals surface area (Å²) in [5, 5.41) is 88.0. The smallest absolute Gasteiger partial charge is 0.446 e. The predicted octanol–water partition coefficient (Wildman–Crippen LogP) is -8.65. The first-order valence-corrected chi connectivity index (χ1v) is 49.6. The van der Waals surface area contributed by atoms with Crippen molar-refractivity contribution in [1.82, 2.24) is 74.4 Å². The molecule has 5 aromatic carbocycles. The molecule has 0 saturated carbocycles. The van der Waals surface area contributed by atoms with Crippen LogP contribution in [0.1, 0.15) is 73.3 Å². The van der Waals surface area contributed by atoms with Gasteiger partial charge in [0, 0.05) is 32.1 Å². The summed E-state index contributed by atoms with van der Waals surface area (Å²) in [7, 11) is -25.9. The van der Waals surface area contributed by atoms with Crippen LogP contribution in [-0.2, 0) is 180 Å². The summed E-state index contributed by atoms with van der Waals surface area (Å²) in [6.45, 7) is -2.35. The molecule has 0 heterocycles. The molecule has 27 N–H and O–H groups in total. The van der Waals surface area contributed by atoms with Crippen LogP contribution in [0.2, 0.25) is 0 Å². The third-order valence-electron chi connectivity index (χ3n) is 19.1. The Labute approximate surface area is 829 Å². The number of aliphatic carboxylic acids is 6. The molecule has 12 atom stereocenters. The van der Waals surface area contributed by atoms with Crippen molar-refractivity contribution in [3.63, 3.8) is 0 Å². The SMILES string of the molecule is CSCC[C@H](NC(=O)[C@H](CC(=O)O)NC(=O)[C@H](Cc1ccc(OS(=O)(=O)O)cc1)NC(=O)[C@H](Cc1ccc(OS(=O)(=O)O)cc1)NC(=O)[C@H](Cc1ccc(OS(=O)(=O)O)cc1)NC(=O)CNC(=O)CNC(=O)[C@H](CC(=O)O)NC(=O)[C@H](Cc1ccc(OS(=O)(=O)O)cc1)NC(=O)[C@H](CC(=O)O)NC(=O)[C@H](C)NC(=O)[C@H](Cc1ccc(OS(=O)(=O)O)cc1)NC(=O)[C@H](CC(=O)O)NC(=O)CN)C(=O)N[C@@H](CC(=O)O)C(=O)O. The molecule has 0 radical (unpaired) electrons. The van der Waals surface area contributed by atoms with E-state index in [1.54, 1.807) is 0 Å². The number of nitrogens with one attached hydrogen (secondary N) is 14. The molecule has 67 heteroatoms. The highest BCUT2D eigenvalue weighted by atomic mass is 32.3. The van der Waals surface area contributed by atoms with Gasteiger partial charge >= 0.3 is 87.8 Å². The van der Waals surface area contributed by atoms with E-state index in [9.17, 15) is 177 Å². The molecule has 0 saturated heterocycles. The minimum absolute atomic E-state index is 0.00670. The largest absolute Gasteiger partial charge is 0.481 e. The van der Waals surface area contributed by atoms with Crippen LogP contribution in [0.3, 0.4) is 0 Å². The van der Waals surface area contributed by atoms with Crippen molar-refractivity contribution in [1.29, 1.82) is 0 Å². The van der Waals surface area contributed by atoms with Crippen LogP contribution in [-0.4, -0.2) is 318 Å². The zero-order chi connectivity index (χ0) is 110. The fourth-order valence-electron chi connectivity index (χ4n) is 12.5. The summed E-state index contributed by atoms with van der Waals surface area (Å²) in [6.07, 6.45) is -9.10. The van der Waals surface area contributed by atoms with Gasteiger partial charge in [-0.25, -0.2) is 4.79 Å². The lowest BCUT2D eigenvalue weighted by atomic mass is 10.0. The number of rotatable bonds is 62. The van der Waals surface area contributed by atoms with E-state index in [4.69, 9.17) is 10.3 Å². The van der Waals surface area contributed by atoms with Crippen LogP contribution in [0.5, 0.6) is 28.7 Å². The Morgan fingerprint density at radius 1 is 0.274 bits per heavy atom. The molecule has 61 nitrogen and oxygen atoms in total. The Hall–Kier alpha value is -15.6. The van der Waals surface area contributed by atoms with Crippen LogP contribution in [0.25, 0.3) is 0 Å². The summed E-state index contributed by atoms with van der Waals surface area (Å²) in [5.41, 5.74) is 5.00. The quantitative estimate of drug-likeness (QED) is 0.0161. The molecule has 14 amide bonds. The lowest BCUT2D eigenvalue weighted by molar-refractivity contribution is -0.147. The Morgan fingerprint density at radius 3 is 0.753 bits per heavy atom. The van der Waals surface area contributed by atoms with Gasteiger partial charge in [-0.15, -0.1) is 0 Å². The van der Waals surface area contributed by atoms with Gasteiger partial charge in [0.1, 0.15) is 101 Å². The van der Waals surface area contributed by atoms with Gasteiger partial charge in [0.2, 0.25) is 82.7 Å². The number of hydrogen-bond acceptors (Lipinski definition) is 37. The van der Waals surface area contributed by atoms with Gasteiger partial charge in [0.15, 0.2) is 0 Å². The van der Waals surface area contributed by atoms with Crippen molar-refractivity contribution in [2.24, 2.45) is 5.73 Å². The standard InChI is InChI=1S/C79H95N15O46S6/c1-38(83-71(111)51(26-40-5-15-45(16-6-40)137-143(124,125)126)88-76(116)56(31-64(100)101)84-60(95)35-80)68(108)87-57(32-65(102)103)78(118)91-53(28-42-9-19-47(20-10-42)139-145(130,131)132)74(114)92-55(30-63(98)99)69(109)82-36-61(96)81-37-62(97)85-50(25-39-3-13-44(14-4-39)136-142(121,122)123)72(112)89-52(27-41-7-17-46(18-8-41)138-144(127,128)129)73(113)90-54(29-43-11-21-48(22-12-43)140-146(133,134)135)75(115)93-58(33-66(104)105)77(117)86-49(23-24-141-2)70(110)94-59(79(119)120)34-67(106)107/h3-22,38,49-59H,23-37,80H2,1-2H3,(H,81,96)(H,82,109)(H,83,111)(H,84,95)(H,85,97)(H,86,117)(H,87,108)(H,88,116)(H,89,112)(H,90,113)(H,91,118)(H,92,114)(H,93,115)(H,94,110)(H,98,99)(H,100,101)(H,102,103)(H,104,105)(H,106,107)(H,119,120)(H,121,122,123)(H,124,125,126)(H,127,128,129)(H,130,131,132)(H,133,134,135)/t38-,49-,50-,51-,52-,53-,54-,55-,56-,57-,58-,59-/m0/s1. The maximum Gasteiger partial charge on any atom is 0.446 e. The van der Waals surface area contributed by atoms with Crippen LogP contribution in [0.4, 0.5) is 0 Å². The highest BCUT2D eigenvalue weighted by Crippen LogP contribution is 2.23. The molecule has 5 rings (SSSR count). The number of amides is 14. The zero-order valence-corrected chi connectivity index (χ0v) is 80.2. The molecule has 0 unspecified atom stereocenters. The summed E-state index contributed by atoms with van der Waals surface area (Å²) >= 11 is 1.07. The van der Waals surface area contributed by atoms with E-state index < -0.39 is 356 Å². The first-order chi connectivity index (χ1) is 67.9. The average Bonchev–Trinajstić information content (AvgIpc) is 0.831. The van der Waals surface area contributed by atoms with E-state index in [0.29, 0.717) is 0 Å². The van der Waals surface area contributed by atoms with Crippen LogP contribution < -0.4 is 101 Å². The molecule has 0 aliphatic heterocycles. The van der Waals surface area contributed by atoms with Crippen LogP contribution in [0.15, 0.2) is 121 Å². The molecule has 798 valence electrons. The number of benzene rings is 5. The molecule has 0 fully saturated rings. The minimum Gasteiger partial charge on any atom is -0.481 e. The van der Waals surface area contributed by atoms with Gasteiger partial charge in [-0.05, 0) is 114 Å². The van der Waals surface area contributed by atoms with E-state index in [1.165, 1.54) is 6.26 Å². The molecule has 146 heavy (non-hydrogen) atoms. The number of carbonyl (C=O) groups excluding carboxylic acids is 14. The van der Waals surface area contributed by atoms with E-state index >= 15 is 9.59 Å². The van der Waals surface area contributed by atoms with Crippen molar-refractivity contribution in [3.8, 4) is 28.7 Å². The third-order valence-corrected chi connectivity index (χ3v) is 21.8. The highest BCUT2D eigenvalue weighted by Gasteiger charge is 2.40. The average molecular weight is 2180 g/mol. The monoisotopic (exact) mass is 2180 g/mol. The molecule has 0 aliphatic carbocycles. The summed E-state index contributed by atoms with van der Waals surface area (Å²) in [5.74, 6) is -33.3. The maximum absolute atomic E-state index is 15.1. The topological polar surface area (TPSA) is 975 Å². The Morgan fingerprint density at radius 2 is 0.486 bits per heavy atom. The van der Waals surface area contributed by atoms with Crippen molar-refractivity contribution in [3.05, 3.63) is 149 Å². The zero-order valence-electron chi connectivity index (χ0n) is 75.3. The first kappa shape index (κ1) is 121. The van der Waals surface area contributed by atoms with Crippen molar-refractivity contribution in [2.45, 2.75) is 150 Å². The fourth-order valence-corrected chi connectivity index (χ4v) is 14.8. The van der Waals surface area contributed by atoms with E-state index in [0.717, 1.165) is 140 Å². The molecule has 5 aromatic rings. The lowest BCUT2D eigenvalue weighted by Gasteiger charge is -2.27. The predicted molar refractivity (Wildman–Crippen MR) is 487 cm³/mol. The van der Waals surface area contributed by atoms with Crippen LogP contribution in [0, 0.1) is 0 Å².